The second-order valence-corrected chi connectivity index (χ2v) is 6.18. The summed E-state index contributed by atoms with van der Waals surface area (Å²) in [5.41, 5.74) is 5.65. The molecule has 0 unspecified atom stereocenters. The van der Waals surface area contributed by atoms with Crippen LogP contribution in [0.1, 0.15) is 0 Å². The molecule has 0 spiro atoms. The van der Waals surface area contributed by atoms with Crippen LogP contribution in [-0.4, -0.2) is 40.3 Å². The van der Waals surface area contributed by atoms with E-state index in [1.807, 2.05) is 0 Å². The van der Waals surface area contributed by atoms with Crippen LogP contribution in [0.15, 0.2) is 23.1 Å². The lowest BCUT2D eigenvalue weighted by molar-refractivity contribution is -0.118. The Hall–Kier alpha value is -1.31. The largest absolute Gasteiger partial charge is 0.398 e. The molecule has 1 rings (SSSR count). The number of hydrogen-bond acceptors (Lipinski definition) is 5. The summed E-state index contributed by atoms with van der Waals surface area (Å²) in [6, 6.07) is 4.10. The first-order valence-corrected chi connectivity index (χ1v) is 7.43. The van der Waals surface area contributed by atoms with E-state index >= 15 is 0 Å². The van der Waals surface area contributed by atoms with E-state index in [-0.39, 0.29) is 22.2 Å². The third kappa shape index (κ3) is 4.70. The van der Waals surface area contributed by atoms with Crippen LogP contribution in [0.25, 0.3) is 0 Å². The lowest BCUT2D eigenvalue weighted by Crippen LogP contribution is -2.32. The van der Waals surface area contributed by atoms with E-state index in [4.69, 9.17) is 22.1 Å². The highest BCUT2D eigenvalue weighted by Crippen LogP contribution is 2.23. The van der Waals surface area contributed by atoms with Crippen molar-refractivity contribution in [1.29, 1.82) is 0 Å². The van der Waals surface area contributed by atoms with E-state index in [9.17, 15) is 13.2 Å². The predicted octanol–water partition coefficient (Wildman–Crippen LogP) is 0.459. The molecule has 106 valence electrons. The molecule has 19 heavy (non-hydrogen) atoms. The third-order valence-corrected chi connectivity index (χ3v) is 4.16. The molecule has 0 aromatic heterocycles. The first-order chi connectivity index (χ1) is 8.86. The van der Waals surface area contributed by atoms with Gasteiger partial charge in [-0.15, -0.1) is 0 Å². The number of hydrogen-bond donors (Lipinski definition) is 2. The van der Waals surface area contributed by atoms with Crippen molar-refractivity contribution in [3.8, 4) is 0 Å². The van der Waals surface area contributed by atoms with Crippen LogP contribution in [0.3, 0.4) is 0 Å². The second kappa shape index (κ2) is 6.74. The fourth-order valence-corrected chi connectivity index (χ4v) is 2.94. The van der Waals surface area contributed by atoms with E-state index in [1.165, 1.54) is 25.3 Å². The van der Waals surface area contributed by atoms with Gasteiger partial charge in [0.05, 0.1) is 17.2 Å². The number of nitrogens with one attached hydrogen (secondary N) is 1. The molecule has 1 amide bonds. The van der Waals surface area contributed by atoms with Gasteiger partial charge in [0.1, 0.15) is 5.75 Å². The molecule has 0 fully saturated rings. The summed E-state index contributed by atoms with van der Waals surface area (Å²) < 4.78 is 28.8. The molecule has 0 saturated heterocycles. The summed E-state index contributed by atoms with van der Waals surface area (Å²) >= 11 is 5.72. The van der Waals surface area contributed by atoms with Crippen LogP contribution in [-0.2, 0) is 19.4 Å². The van der Waals surface area contributed by atoms with E-state index < -0.39 is 21.5 Å². The Labute approximate surface area is 116 Å². The lowest BCUT2D eigenvalue weighted by Gasteiger charge is -2.08. The molecule has 0 aliphatic carbocycles. The lowest BCUT2D eigenvalue weighted by atomic mass is 10.3. The van der Waals surface area contributed by atoms with Crippen molar-refractivity contribution < 1.29 is 17.9 Å². The summed E-state index contributed by atoms with van der Waals surface area (Å²) in [4.78, 5) is 11.3. The molecule has 0 radical (unpaired) electrons. The molecular weight excluding hydrogens is 292 g/mol. The molecule has 6 nitrogen and oxygen atoms in total. The number of nitrogens with two attached hydrogens (primary N) is 1. The molecule has 0 aliphatic heterocycles. The maximum absolute atomic E-state index is 12.0. The SMILES string of the molecule is COCCNC(=O)CS(=O)(=O)c1cc(Cl)ccc1N. The molecule has 1 aromatic rings. The third-order valence-electron chi connectivity index (χ3n) is 2.26. The van der Waals surface area contributed by atoms with E-state index in [0.717, 1.165) is 0 Å². The number of halogens is 1. The zero-order valence-electron chi connectivity index (χ0n) is 10.3. The molecule has 8 heteroatoms. The van der Waals surface area contributed by atoms with Crippen molar-refractivity contribution >= 4 is 33.0 Å². The Kier molecular flexibility index (Phi) is 5.59. The van der Waals surface area contributed by atoms with Crippen LogP contribution < -0.4 is 11.1 Å². The highest BCUT2D eigenvalue weighted by molar-refractivity contribution is 7.92. The van der Waals surface area contributed by atoms with Gasteiger partial charge in [0, 0.05) is 18.7 Å². The highest BCUT2D eigenvalue weighted by atomic mass is 35.5. The van der Waals surface area contributed by atoms with Crippen molar-refractivity contribution in [1.82, 2.24) is 5.32 Å². The number of rotatable bonds is 6. The number of amides is 1. The molecule has 0 aliphatic rings. The summed E-state index contributed by atoms with van der Waals surface area (Å²) in [5.74, 6) is -1.29. The van der Waals surface area contributed by atoms with Gasteiger partial charge in [0.15, 0.2) is 9.84 Å². The predicted molar refractivity (Wildman–Crippen MR) is 72.8 cm³/mol. The molecule has 1 aromatic carbocycles. The minimum absolute atomic E-state index is 0.0640. The van der Waals surface area contributed by atoms with Crippen molar-refractivity contribution in [2.45, 2.75) is 4.90 Å². The average molecular weight is 307 g/mol. The summed E-state index contributed by atoms with van der Waals surface area (Å²) in [5, 5.41) is 2.67. The van der Waals surface area contributed by atoms with Crippen molar-refractivity contribution in [3.63, 3.8) is 0 Å². The second-order valence-electron chi connectivity index (χ2n) is 3.78. The molecular formula is C11H15ClN2O4S. The number of methoxy groups -OCH3 is 1. The van der Waals surface area contributed by atoms with E-state index in [2.05, 4.69) is 5.32 Å². The Morgan fingerprint density at radius 1 is 1.47 bits per heavy atom. The van der Waals surface area contributed by atoms with Gasteiger partial charge in [-0.3, -0.25) is 4.79 Å². The Morgan fingerprint density at radius 3 is 2.79 bits per heavy atom. The summed E-state index contributed by atoms with van der Waals surface area (Å²) in [6.07, 6.45) is 0. The normalized spacial score (nSPS) is 11.3. The Balaban J connectivity index is 2.81. The highest BCUT2D eigenvalue weighted by Gasteiger charge is 2.21. The number of carbonyl (C=O) groups excluding carboxylic acids is 1. The van der Waals surface area contributed by atoms with Gasteiger partial charge in [-0.2, -0.15) is 0 Å². The zero-order chi connectivity index (χ0) is 14.5. The van der Waals surface area contributed by atoms with Crippen LogP contribution >= 0.6 is 11.6 Å². The molecule has 0 atom stereocenters. The topological polar surface area (TPSA) is 98.5 Å². The van der Waals surface area contributed by atoms with E-state index in [1.54, 1.807) is 0 Å². The maximum Gasteiger partial charge on any atom is 0.235 e. The van der Waals surface area contributed by atoms with Gasteiger partial charge in [-0.25, -0.2) is 8.42 Å². The Bertz CT molecular complexity index is 560. The van der Waals surface area contributed by atoms with Crippen molar-refractivity contribution in [2.24, 2.45) is 0 Å². The van der Waals surface area contributed by atoms with Crippen LogP contribution in [0, 0.1) is 0 Å². The summed E-state index contributed by atoms with van der Waals surface area (Å²) in [7, 11) is -2.33. The number of nitrogen functional groups attached to an aromatic ring is 1. The number of ether oxygens (including phenoxy) is 1. The minimum Gasteiger partial charge on any atom is -0.398 e. The van der Waals surface area contributed by atoms with Crippen LogP contribution in [0.2, 0.25) is 5.02 Å². The summed E-state index contributed by atoms with van der Waals surface area (Å²) in [6.45, 7) is 0.557. The first-order valence-electron chi connectivity index (χ1n) is 5.40. The van der Waals surface area contributed by atoms with Gasteiger partial charge in [-0.05, 0) is 18.2 Å². The van der Waals surface area contributed by atoms with Crippen molar-refractivity contribution in [3.05, 3.63) is 23.2 Å². The molecule has 3 N–H and O–H groups in total. The average Bonchev–Trinajstić information content (AvgIpc) is 2.32. The fraction of sp³-hybridized carbons (Fsp3) is 0.364. The maximum atomic E-state index is 12.0. The van der Waals surface area contributed by atoms with Gasteiger partial charge in [0.2, 0.25) is 5.91 Å². The van der Waals surface area contributed by atoms with Gasteiger partial charge < -0.3 is 15.8 Å². The van der Waals surface area contributed by atoms with Gasteiger partial charge in [0.25, 0.3) is 0 Å². The smallest absolute Gasteiger partial charge is 0.235 e. The van der Waals surface area contributed by atoms with Gasteiger partial charge >= 0.3 is 0 Å². The quantitative estimate of drug-likeness (QED) is 0.587. The number of anilines is 1. The number of carbonyl (C=O) groups is 1. The van der Waals surface area contributed by atoms with Crippen LogP contribution in [0.5, 0.6) is 0 Å². The Morgan fingerprint density at radius 2 is 2.16 bits per heavy atom. The molecule has 0 heterocycles. The van der Waals surface area contributed by atoms with Gasteiger partial charge in [-0.1, -0.05) is 11.6 Å². The molecule has 0 saturated carbocycles. The molecule has 0 bridgehead atoms. The standard InChI is InChI=1S/C11H15ClN2O4S/c1-18-5-4-14-11(15)7-19(16,17)10-6-8(12)2-3-9(10)13/h2-3,6H,4-5,7,13H2,1H3,(H,14,15). The number of sulfone groups is 1. The monoisotopic (exact) mass is 306 g/mol. The number of benzene rings is 1. The fourth-order valence-electron chi connectivity index (χ4n) is 1.37. The van der Waals surface area contributed by atoms with E-state index in [0.29, 0.717) is 6.61 Å². The zero-order valence-corrected chi connectivity index (χ0v) is 11.9. The first kappa shape index (κ1) is 15.7. The minimum atomic E-state index is -3.81. The van der Waals surface area contributed by atoms with Crippen LogP contribution in [0.4, 0.5) is 5.69 Å². The van der Waals surface area contributed by atoms with Crippen molar-refractivity contribution in [2.75, 3.05) is 31.7 Å².